The molecule has 0 atom stereocenters. The van der Waals surface area contributed by atoms with E-state index in [1.54, 1.807) is 36.7 Å². The van der Waals surface area contributed by atoms with Crippen LogP contribution in [0, 0.1) is 17.1 Å². The van der Waals surface area contributed by atoms with Gasteiger partial charge in [-0.3, -0.25) is 0 Å². The predicted octanol–water partition coefficient (Wildman–Crippen LogP) is 6.24. The Morgan fingerprint density at radius 1 is 1.05 bits per heavy atom. The van der Waals surface area contributed by atoms with Crippen LogP contribution in [-0.4, -0.2) is 35.2 Å². The number of aromatic nitrogens is 5. The minimum atomic E-state index is -0.986. The van der Waals surface area contributed by atoms with E-state index in [0.29, 0.717) is 30.1 Å². The molecule has 9 nitrogen and oxygen atoms in total. The minimum Gasteiger partial charge on any atom is -0.478 e. The van der Waals surface area contributed by atoms with Gasteiger partial charge in [0.2, 0.25) is 5.88 Å². The van der Waals surface area contributed by atoms with Crippen LogP contribution in [0.4, 0.5) is 4.39 Å². The van der Waals surface area contributed by atoms with Gasteiger partial charge < -0.3 is 19.0 Å². The first-order valence-electron chi connectivity index (χ1n) is 14.0. The van der Waals surface area contributed by atoms with E-state index in [4.69, 9.17) is 15.0 Å². The maximum atomic E-state index is 14.3. The SMILES string of the molecule is CCn1cncc1Cn1c(Cc2ccc(-c3cccc(OCc4ccc(C#N)cc4F)n3)cc2)nc2ccc(C(=O)O)cc21. The average Bonchev–Trinajstić information content (AvgIpc) is 3.64. The Balaban J connectivity index is 1.23. The molecule has 3 aromatic carbocycles. The van der Waals surface area contributed by atoms with Crippen LogP contribution in [0.1, 0.15) is 45.5 Å². The van der Waals surface area contributed by atoms with Crippen LogP contribution in [0.2, 0.25) is 0 Å². The third-order valence-corrected chi connectivity index (χ3v) is 7.43. The summed E-state index contributed by atoms with van der Waals surface area (Å²) < 4.78 is 24.1. The van der Waals surface area contributed by atoms with E-state index in [1.165, 1.54) is 12.1 Å². The van der Waals surface area contributed by atoms with Crippen LogP contribution in [0.15, 0.2) is 91.4 Å². The maximum Gasteiger partial charge on any atom is 0.335 e. The number of hydrogen-bond donors (Lipinski definition) is 1. The lowest BCUT2D eigenvalue weighted by Crippen LogP contribution is -2.10. The number of carboxylic acids is 1. The highest BCUT2D eigenvalue weighted by Gasteiger charge is 2.16. The van der Waals surface area contributed by atoms with Crippen molar-refractivity contribution >= 4 is 17.0 Å². The number of carbonyl (C=O) groups is 1. The molecular weight excluding hydrogens is 559 g/mol. The number of pyridine rings is 1. The molecule has 0 aliphatic rings. The number of nitriles is 1. The lowest BCUT2D eigenvalue weighted by molar-refractivity contribution is 0.0697. The molecule has 10 heteroatoms. The number of hydrogen-bond acceptors (Lipinski definition) is 6. The van der Waals surface area contributed by atoms with E-state index < -0.39 is 11.8 Å². The number of benzene rings is 3. The monoisotopic (exact) mass is 586 g/mol. The van der Waals surface area contributed by atoms with Gasteiger partial charge in [-0.1, -0.05) is 36.4 Å². The quantitative estimate of drug-likeness (QED) is 0.202. The van der Waals surface area contributed by atoms with Crippen LogP contribution < -0.4 is 4.74 Å². The number of aromatic carboxylic acids is 1. The summed E-state index contributed by atoms with van der Waals surface area (Å²) in [6, 6.07) is 24.6. The molecule has 44 heavy (non-hydrogen) atoms. The second-order valence-electron chi connectivity index (χ2n) is 10.2. The summed E-state index contributed by atoms with van der Waals surface area (Å²) in [6.45, 7) is 3.31. The largest absolute Gasteiger partial charge is 0.478 e. The number of aryl methyl sites for hydroxylation is 1. The molecule has 3 aromatic heterocycles. The number of halogens is 1. The summed E-state index contributed by atoms with van der Waals surface area (Å²) in [7, 11) is 0. The van der Waals surface area contributed by atoms with Crippen molar-refractivity contribution in [3.8, 4) is 23.2 Å². The summed E-state index contributed by atoms with van der Waals surface area (Å²) in [4.78, 5) is 25.4. The normalized spacial score (nSPS) is 11.0. The molecule has 0 radical (unpaired) electrons. The highest BCUT2D eigenvalue weighted by atomic mass is 19.1. The number of ether oxygens (including phenoxy) is 1. The number of rotatable bonds is 10. The van der Waals surface area contributed by atoms with Gasteiger partial charge >= 0.3 is 5.97 Å². The number of nitrogens with zero attached hydrogens (tertiary/aromatic N) is 6. The molecule has 6 rings (SSSR count). The van der Waals surface area contributed by atoms with Gasteiger partial charge in [-0.2, -0.15) is 5.26 Å². The maximum absolute atomic E-state index is 14.3. The fourth-order valence-electron chi connectivity index (χ4n) is 5.06. The fourth-order valence-corrected chi connectivity index (χ4v) is 5.06. The zero-order chi connectivity index (χ0) is 30.6. The lowest BCUT2D eigenvalue weighted by Gasteiger charge is -2.12. The van der Waals surface area contributed by atoms with Crippen LogP contribution in [0.25, 0.3) is 22.3 Å². The molecule has 6 aromatic rings. The van der Waals surface area contributed by atoms with E-state index in [1.807, 2.05) is 55.6 Å². The summed E-state index contributed by atoms with van der Waals surface area (Å²) >= 11 is 0. The van der Waals surface area contributed by atoms with E-state index in [2.05, 4.69) is 19.1 Å². The first-order chi connectivity index (χ1) is 21.4. The van der Waals surface area contributed by atoms with Crippen molar-refractivity contribution in [1.82, 2.24) is 24.1 Å². The second-order valence-corrected chi connectivity index (χ2v) is 10.2. The molecule has 0 aliphatic carbocycles. The summed E-state index contributed by atoms with van der Waals surface area (Å²) in [5.74, 6) is -0.318. The molecule has 0 bridgehead atoms. The number of carboxylic acid groups (broad SMARTS) is 1. The van der Waals surface area contributed by atoms with Crippen LogP contribution in [-0.2, 0) is 26.1 Å². The summed E-state index contributed by atoms with van der Waals surface area (Å²) in [5, 5.41) is 18.5. The smallest absolute Gasteiger partial charge is 0.335 e. The van der Waals surface area contributed by atoms with Gasteiger partial charge in [0.05, 0.1) is 52.5 Å². The average molecular weight is 587 g/mol. The Morgan fingerprint density at radius 3 is 2.64 bits per heavy atom. The van der Waals surface area contributed by atoms with Crippen molar-refractivity contribution in [1.29, 1.82) is 5.26 Å². The van der Waals surface area contributed by atoms with Gasteiger partial charge in [0.15, 0.2) is 0 Å². The van der Waals surface area contributed by atoms with Gasteiger partial charge in [-0.05, 0) is 48.9 Å². The highest BCUT2D eigenvalue weighted by Crippen LogP contribution is 2.25. The lowest BCUT2D eigenvalue weighted by atomic mass is 10.1. The van der Waals surface area contributed by atoms with E-state index in [9.17, 15) is 14.3 Å². The zero-order valence-electron chi connectivity index (χ0n) is 23.8. The molecule has 3 heterocycles. The Hall–Kier alpha value is -5.82. The van der Waals surface area contributed by atoms with Crippen molar-refractivity contribution in [2.75, 3.05) is 0 Å². The first-order valence-corrected chi connectivity index (χ1v) is 14.0. The molecule has 0 amide bonds. The summed E-state index contributed by atoms with van der Waals surface area (Å²) in [5.41, 5.74) is 5.89. The molecular formula is C34H27FN6O3. The first kappa shape index (κ1) is 28.3. The van der Waals surface area contributed by atoms with Crippen LogP contribution in [0.3, 0.4) is 0 Å². The van der Waals surface area contributed by atoms with Gasteiger partial charge in [0, 0.05) is 36.4 Å². The van der Waals surface area contributed by atoms with Crippen molar-refractivity contribution in [3.05, 3.63) is 131 Å². The van der Waals surface area contributed by atoms with E-state index >= 15 is 0 Å². The molecule has 0 fully saturated rings. The number of imidazole rings is 2. The Bertz CT molecular complexity index is 2020. The molecule has 0 unspecified atom stereocenters. The fraction of sp³-hybridized carbons (Fsp3) is 0.147. The summed E-state index contributed by atoms with van der Waals surface area (Å²) in [6.07, 6.45) is 4.14. The van der Waals surface area contributed by atoms with Crippen molar-refractivity contribution in [2.24, 2.45) is 0 Å². The molecule has 0 saturated carbocycles. The second kappa shape index (κ2) is 12.2. The number of fused-ring (bicyclic) bond motifs is 1. The van der Waals surface area contributed by atoms with Crippen molar-refractivity contribution < 1.29 is 19.0 Å². The Kier molecular flexibility index (Phi) is 7.84. The van der Waals surface area contributed by atoms with Crippen LogP contribution in [0.5, 0.6) is 5.88 Å². The Morgan fingerprint density at radius 2 is 1.89 bits per heavy atom. The molecule has 1 N–H and O–H groups in total. The molecule has 0 saturated heterocycles. The van der Waals surface area contributed by atoms with E-state index in [-0.39, 0.29) is 17.7 Å². The Labute approximate surface area is 252 Å². The van der Waals surface area contributed by atoms with Crippen molar-refractivity contribution in [2.45, 2.75) is 33.0 Å². The highest BCUT2D eigenvalue weighted by molar-refractivity contribution is 5.92. The van der Waals surface area contributed by atoms with Gasteiger partial charge in [-0.15, -0.1) is 0 Å². The molecule has 0 spiro atoms. The van der Waals surface area contributed by atoms with Crippen molar-refractivity contribution in [3.63, 3.8) is 0 Å². The van der Waals surface area contributed by atoms with Gasteiger partial charge in [0.25, 0.3) is 0 Å². The molecule has 0 aliphatic heterocycles. The molecule has 218 valence electrons. The third kappa shape index (κ3) is 5.89. The predicted molar refractivity (Wildman–Crippen MR) is 162 cm³/mol. The van der Waals surface area contributed by atoms with Crippen LogP contribution >= 0.6 is 0 Å². The standard InChI is InChI=1S/C34H27FN6O3/c1-2-40-21-37-18-27(40)19-41-31-16-25(34(42)43)12-13-30(31)38-32(41)15-22-6-9-24(10-7-22)29-4-3-5-33(39-29)44-20-26-11-8-23(17-36)14-28(26)35/h3-14,16,18,21H,2,15,19-20H2,1H3,(H,42,43). The minimum absolute atomic E-state index is 0.0130. The van der Waals surface area contributed by atoms with E-state index in [0.717, 1.165) is 40.2 Å². The van der Waals surface area contributed by atoms with Gasteiger partial charge in [-0.25, -0.2) is 24.1 Å². The third-order valence-electron chi connectivity index (χ3n) is 7.43. The zero-order valence-corrected chi connectivity index (χ0v) is 23.8. The topological polar surface area (TPSA) is 119 Å². The van der Waals surface area contributed by atoms with Gasteiger partial charge in [0.1, 0.15) is 18.2 Å².